The van der Waals surface area contributed by atoms with Gasteiger partial charge in [-0.15, -0.1) is 0 Å². The number of amides is 1. The lowest BCUT2D eigenvalue weighted by Gasteiger charge is -2.14. The summed E-state index contributed by atoms with van der Waals surface area (Å²) < 4.78 is 1.90. The summed E-state index contributed by atoms with van der Waals surface area (Å²) in [6.45, 7) is 8.01. The molecule has 0 radical (unpaired) electrons. The van der Waals surface area contributed by atoms with Crippen molar-refractivity contribution in [3.63, 3.8) is 0 Å². The predicted molar refractivity (Wildman–Crippen MR) is 90.9 cm³/mol. The summed E-state index contributed by atoms with van der Waals surface area (Å²) in [6.07, 6.45) is 0.335. The summed E-state index contributed by atoms with van der Waals surface area (Å²) in [4.78, 5) is 12.2. The van der Waals surface area contributed by atoms with Crippen LogP contribution < -0.4 is 5.32 Å². The summed E-state index contributed by atoms with van der Waals surface area (Å²) in [5.74, 6) is -0.0869. The average molecular weight is 340 g/mol. The zero-order valence-electron chi connectivity index (χ0n) is 13.1. The number of halogens is 2. The number of aryl methyl sites for hydroxylation is 1. The molecule has 1 N–H and O–H groups in total. The van der Waals surface area contributed by atoms with Crippen LogP contribution in [0, 0.1) is 20.8 Å². The highest BCUT2D eigenvalue weighted by Crippen LogP contribution is 2.25. The third-order valence-electron chi connectivity index (χ3n) is 3.79. The van der Waals surface area contributed by atoms with Gasteiger partial charge in [-0.1, -0.05) is 23.2 Å². The van der Waals surface area contributed by atoms with Gasteiger partial charge in [-0.3, -0.25) is 9.48 Å². The van der Waals surface area contributed by atoms with E-state index >= 15 is 0 Å². The van der Waals surface area contributed by atoms with Crippen molar-refractivity contribution >= 4 is 34.8 Å². The van der Waals surface area contributed by atoms with E-state index in [0.29, 0.717) is 22.2 Å². The van der Waals surface area contributed by atoms with Crippen molar-refractivity contribution in [3.8, 4) is 0 Å². The van der Waals surface area contributed by atoms with Crippen LogP contribution in [0.2, 0.25) is 10.0 Å². The summed E-state index contributed by atoms with van der Waals surface area (Å²) in [5, 5.41) is 8.20. The van der Waals surface area contributed by atoms with Gasteiger partial charge in [0.1, 0.15) is 0 Å². The molecular weight excluding hydrogens is 321 g/mol. The Kier molecular flexibility index (Phi) is 5.14. The highest BCUT2D eigenvalue weighted by molar-refractivity contribution is 6.42. The fraction of sp³-hybridized carbons (Fsp3) is 0.375. The quantitative estimate of drug-likeness (QED) is 0.876. The first-order valence-electron chi connectivity index (χ1n) is 7.06. The Morgan fingerprint density at radius 2 is 1.95 bits per heavy atom. The van der Waals surface area contributed by atoms with E-state index < -0.39 is 0 Å². The molecule has 118 valence electrons. The second kappa shape index (κ2) is 6.71. The zero-order valence-corrected chi connectivity index (χ0v) is 14.6. The summed E-state index contributed by atoms with van der Waals surface area (Å²) in [7, 11) is 0. The molecule has 1 atom stereocenters. The maximum Gasteiger partial charge on any atom is 0.226 e. The maximum atomic E-state index is 12.2. The van der Waals surface area contributed by atoms with Crippen molar-refractivity contribution in [2.75, 3.05) is 5.32 Å². The Balaban J connectivity index is 2.04. The summed E-state index contributed by atoms with van der Waals surface area (Å²) in [5.41, 5.74) is 3.88. The van der Waals surface area contributed by atoms with Gasteiger partial charge in [0.2, 0.25) is 5.91 Å². The molecule has 4 nitrogen and oxygen atoms in total. The van der Waals surface area contributed by atoms with E-state index in [1.54, 1.807) is 18.2 Å². The fourth-order valence-electron chi connectivity index (χ4n) is 2.32. The van der Waals surface area contributed by atoms with Crippen molar-refractivity contribution in [1.82, 2.24) is 9.78 Å². The molecule has 0 saturated carbocycles. The first kappa shape index (κ1) is 16.8. The van der Waals surface area contributed by atoms with Crippen molar-refractivity contribution in [2.45, 2.75) is 40.2 Å². The third-order valence-corrected chi connectivity index (χ3v) is 4.53. The molecule has 22 heavy (non-hydrogen) atoms. The first-order chi connectivity index (χ1) is 10.3. The van der Waals surface area contributed by atoms with Crippen LogP contribution in [0.3, 0.4) is 0 Å². The molecule has 0 saturated heterocycles. The molecule has 0 aliphatic heterocycles. The lowest BCUT2D eigenvalue weighted by atomic mass is 10.2. The number of carbonyl (C=O) groups excluding carboxylic acids is 1. The Hall–Kier alpha value is -1.52. The zero-order chi connectivity index (χ0) is 16.4. The van der Waals surface area contributed by atoms with E-state index in [1.165, 1.54) is 0 Å². The number of hydrogen-bond donors (Lipinski definition) is 1. The number of nitrogens with one attached hydrogen (secondary N) is 1. The number of benzene rings is 1. The Morgan fingerprint density at radius 1 is 1.27 bits per heavy atom. The van der Waals surface area contributed by atoms with Crippen LogP contribution in [-0.2, 0) is 4.79 Å². The standard InChI is InChI=1S/C16H19Cl2N3O/c1-9(21-12(4)10(2)11(3)20-21)7-16(22)19-13-5-6-14(17)15(18)8-13/h5-6,8-9H,7H2,1-4H3,(H,19,22). The maximum absolute atomic E-state index is 12.2. The van der Waals surface area contributed by atoms with E-state index in [9.17, 15) is 4.79 Å². The average Bonchev–Trinajstić information content (AvgIpc) is 2.70. The van der Waals surface area contributed by atoms with Gasteiger partial charge in [0.05, 0.1) is 21.8 Å². The van der Waals surface area contributed by atoms with Gasteiger partial charge in [-0.2, -0.15) is 5.10 Å². The van der Waals surface area contributed by atoms with Crippen molar-refractivity contribution in [3.05, 3.63) is 45.2 Å². The van der Waals surface area contributed by atoms with Crippen LogP contribution in [0.15, 0.2) is 18.2 Å². The monoisotopic (exact) mass is 339 g/mol. The van der Waals surface area contributed by atoms with Crippen molar-refractivity contribution in [2.24, 2.45) is 0 Å². The minimum absolute atomic E-state index is 0.0184. The number of aromatic nitrogens is 2. The van der Waals surface area contributed by atoms with Gasteiger partial charge < -0.3 is 5.32 Å². The van der Waals surface area contributed by atoms with Gasteiger partial charge in [0, 0.05) is 17.8 Å². The second-order valence-electron chi connectivity index (χ2n) is 5.47. The molecule has 1 unspecified atom stereocenters. The molecule has 2 rings (SSSR count). The Labute approximate surface area is 140 Å². The van der Waals surface area contributed by atoms with Crippen LogP contribution >= 0.6 is 23.2 Å². The largest absolute Gasteiger partial charge is 0.326 e. The number of carbonyl (C=O) groups is 1. The molecule has 1 amide bonds. The molecule has 0 aliphatic rings. The highest BCUT2D eigenvalue weighted by Gasteiger charge is 2.16. The molecule has 1 heterocycles. The first-order valence-corrected chi connectivity index (χ1v) is 7.82. The van der Waals surface area contributed by atoms with Crippen LogP contribution in [-0.4, -0.2) is 15.7 Å². The molecule has 0 aliphatic carbocycles. The van der Waals surface area contributed by atoms with E-state index in [2.05, 4.69) is 10.4 Å². The molecule has 0 bridgehead atoms. The molecular formula is C16H19Cl2N3O. The van der Waals surface area contributed by atoms with Crippen molar-refractivity contribution < 1.29 is 4.79 Å². The molecule has 1 aromatic heterocycles. The lowest BCUT2D eigenvalue weighted by molar-refractivity contribution is -0.116. The van der Waals surface area contributed by atoms with Crippen molar-refractivity contribution in [1.29, 1.82) is 0 Å². The van der Waals surface area contributed by atoms with E-state index in [4.69, 9.17) is 23.2 Å². The number of anilines is 1. The van der Waals surface area contributed by atoms with Gasteiger partial charge in [-0.25, -0.2) is 0 Å². The summed E-state index contributed by atoms with van der Waals surface area (Å²) in [6, 6.07) is 5.01. The molecule has 2 aromatic rings. The Bertz CT molecular complexity index is 710. The van der Waals surface area contributed by atoms with Crippen LogP contribution in [0.1, 0.15) is 36.3 Å². The summed E-state index contributed by atoms with van der Waals surface area (Å²) >= 11 is 11.8. The molecule has 0 fully saturated rings. The smallest absolute Gasteiger partial charge is 0.226 e. The van der Waals surface area contributed by atoms with Crippen LogP contribution in [0.5, 0.6) is 0 Å². The minimum atomic E-state index is -0.0869. The van der Waals surface area contributed by atoms with Gasteiger partial charge >= 0.3 is 0 Å². The van der Waals surface area contributed by atoms with Gasteiger partial charge in [0.15, 0.2) is 0 Å². The molecule has 1 aromatic carbocycles. The minimum Gasteiger partial charge on any atom is -0.326 e. The number of hydrogen-bond acceptors (Lipinski definition) is 2. The van der Waals surface area contributed by atoms with Crippen LogP contribution in [0.4, 0.5) is 5.69 Å². The number of nitrogens with zero attached hydrogens (tertiary/aromatic N) is 2. The van der Waals surface area contributed by atoms with Gasteiger partial charge in [0.25, 0.3) is 0 Å². The predicted octanol–water partition coefficient (Wildman–Crippen LogP) is 4.70. The third kappa shape index (κ3) is 3.62. The van der Waals surface area contributed by atoms with Crippen LogP contribution in [0.25, 0.3) is 0 Å². The van der Waals surface area contributed by atoms with E-state index in [0.717, 1.165) is 17.0 Å². The van der Waals surface area contributed by atoms with E-state index in [-0.39, 0.29) is 11.9 Å². The second-order valence-corrected chi connectivity index (χ2v) is 6.28. The normalized spacial score (nSPS) is 12.3. The fourth-order valence-corrected chi connectivity index (χ4v) is 2.61. The Morgan fingerprint density at radius 3 is 2.50 bits per heavy atom. The SMILES string of the molecule is Cc1nn(C(C)CC(=O)Nc2ccc(Cl)c(Cl)c2)c(C)c1C. The highest BCUT2D eigenvalue weighted by atomic mass is 35.5. The topological polar surface area (TPSA) is 46.9 Å². The lowest BCUT2D eigenvalue weighted by Crippen LogP contribution is -2.19. The van der Waals surface area contributed by atoms with E-state index in [1.807, 2.05) is 32.4 Å². The van der Waals surface area contributed by atoms with Gasteiger partial charge in [-0.05, 0) is 51.5 Å². The number of rotatable bonds is 4. The molecule has 6 heteroatoms. The molecule has 0 spiro atoms.